The second kappa shape index (κ2) is 8.34. The fraction of sp³-hybridized carbons (Fsp3) is 0.625. The van der Waals surface area contributed by atoms with Gasteiger partial charge in [0.25, 0.3) is 0 Å². The van der Waals surface area contributed by atoms with Gasteiger partial charge in [-0.2, -0.15) is 5.10 Å². The molecule has 130 valence electrons. The fourth-order valence-corrected chi connectivity index (χ4v) is 3.73. The van der Waals surface area contributed by atoms with E-state index in [1.807, 2.05) is 5.38 Å². The van der Waals surface area contributed by atoms with Crippen LogP contribution in [0.1, 0.15) is 38.3 Å². The summed E-state index contributed by atoms with van der Waals surface area (Å²) in [4.78, 5) is 20.4. The standard InChI is InChI=1S/C16H23N5O2S/c1-11-4-2-3-5-13(11)23-7-6-17-14(22)8-12-9-24-16(20-12)15-18-10-19-21-15/h9-11,13H,2-8H2,1H3,(H,17,22)(H,18,19,21). The first-order chi connectivity index (χ1) is 11.7. The van der Waals surface area contributed by atoms with E-state index >= 15 is 0 Å². The summed E-state index contributed by atoms with van der Waals surface area (Å²) in [7, 11) is 0. The van der Waals surface area contributed by atoms with Crippen LogP contribution in [0.2, 0.25) is 0 Å². The summed E-state index contributed by atoms with van der Waals surface area (Å²) in [6.07, 6.45) is 6.99. The van der Waals surface area contributed by atoms with Crippen molar-refractivity contribution in [3.8, 4) is 10.8 Å². The van der Waals surface area contributed by atoms with Gasteiger partial charge < -0.3 is 10.1 Å². The van der Waals surface area contributed by atoms with Crippen LogP contribution in [0.3, 0.4) is 0 Å². The Morgan fingerprint density at radius 3 is 3.12 bits per heavy atom. The number of ether oxygens (including phenoxy) is 1. The molecule has 2 aromatic heterocycles. The summed E-state index contributed by atoms with van der Waals surface area (Å²) in [6, 6.07) is 0. The number of nitrogens with one attached hydrogen (secondary N) is 2. The van der Waals surface area contributed by atoms with Gasteiger partial charge in [-0.1, -0.05) is 19.8 Å². The van der Waals surface area contributed by atoms with Crippen LogP contribution in [0.15, 0.2) is 11.7 Å². The number of thiazole rings is 1. The van der Waals surface area contributed by atoms with Gasteiger partial charge in [0.1, 0.15) is 6.33 Å². The summed E-state index contributed by atoms with van der Waals surface area (Å²) in [5, 5.41) is 12.1. The Kier molecular flexibility index (Phi) is 5.92. The molecule has 0 aliphatic heterocycles. The van der Waals surface area contributed by atoms with Crippen LogP contribution >= 0.6 is 11.3 Å². The lowest BCUT2D eigenvalue weighted by molar-refractivity contribution is -0.121. The summed E-state index contributed by atoms with van der Waals surface area (Å²) in [5.74, 6) is 1.21. The van der Waals surface area contributed by atoms with Crippen LogP contribution in [0.25, 0.3) is 10.8 Å². The lowest BCUT2D eigenvalue weighted by Crippen LogP contribution is -2.32. The molecule has 2 N–H and O–H groups in total. The minimum atomic E-state index is -0.0373. The molecule has 0 aromatic carbocycles. The van der Waals surface area contributed by atoms with Gasteiger partial charge in [0.2, 0.25) is 5.91 Å². The Morgan fingerprint density at radius 2 is 2.33 bits per heavy atom. The monoisotopic (exact) mass is 349 g/mol. The molecule has 7 nitrogen and oxygen atoms in total. The highest BCUT2D eigenvalue weighted by Gasteiger charge is 2.21. The van der Waals surface area contributed by atoms with Crippen LogP contribution in [-0.4, -0.2) is 45.3 Å². The summed E-state index contributed by atoms with van der Waals surface area (Å²) in [5.41, 5.74) is 0.741. The summed E-state index contributed by atoms with van der Waals surface area (Å²) >= 11 is 1.45. The molecule has 1 saturated carbocycles. The van der Waals surface area contributed by atoms with E-state index in [4.69, 9.17) is 4.74 Å². The molecule has 24 heavy (non-hydrogen) atoms. The Bertz CT molecular complexity index is 643. The number of carbonyl (C=O) groups excluding carboxylic acids is 1. The molecule has 0 saturated heterocycles. The molecule has 0 spiro atoms. The number of aromatic nitrogens is 4. The molecule has 2 aromatic rings. The number of hydrogen-bond acceptors (Lipinski definition) is 6. The minimum absolute atomic E-state index is 0.0373. The summed E-state index contributed by atoms with van der Waals surface area (Å²) in [6.45, 7) is 3.36. The van der Waals surface area contributed by atoms with Gasteiger partial charge in [0.05, 0.1) is 24.8 Å². The van der Waals surface area contributed by atoms with E-state index in [1.54, 1.807) is 0 Å². The van der Waals surface area contributed by atoms with Crippen molar-refractivity contribution < 1.29 is 9.53 Å². The molecular weight excluding hydrogens is 326 g/mol. The van der Waals surface area contributed by atoms with E-state index < -0.39 is 0 Å². The minimum Gasteiger partial charge on any atom is -0.376 e. The van der Waals surface area contributed by atoms with Crippen LogP contribution in [0.5, 0.6) is 0 Å². The molecule has 0 bridgehead atoms. The number of rotatable bonds is 7. The van der Waals surface area contributed by atoms with Crippen LogP contribution < -0.4 is 5.32 Å². The van der Waals surface area contributed by atoms with Gasteiger partial charge in [-0.05, 0) is 18.8 Å². The van der Waals surface area contributed by atoms with E-state index in [0.717, 1.165) is 17.1 Å². The normalized spacial score (nSPS) is 20.9. The molecule has 1 amide bonds. The third kappa shape index (κ3) is 4.61. The van der Waals surface area contributed by atoms with Crippen molar-refractivity contribution in [2.75, 3.05) is 13.2 Å². The summed E-state index contributed by atoms with van der Waals surface area (Å²) < 4.78 is 5.90. The second-order valence-electron chi connectivity index (χ2n) is 6.18. The van der Waals surface area contributed by atoms with E-state index in [0.29, 0.717) is 31.0 Å². The molecule has 2 atom stereocenters. The fourth-order valence-electron chi connectivity index (χ4n) is 2.96. The SMILES string of the molecule is CC1CCCCC1OCCNC(=O)Cc1csc(-c2ncn[nH]2)n1. The molecule has 1 fully saturated rings. The zero-order valence-electron chi connectivity index (χ0n) is 13.8. The van der Waals surface area contributed by atoms with Gasteiger partial charge in [-0.25, -0.2) is 9.97 Å². The average Bonchev–Trinajstić information content (AvgIpc) is 3.24. The topological polar surface area (TPSA) is 92.8 Å². The highest BCUT2D eigenvalue weighted by Crippen LogP contribution is 2.26. The maximum absolute atomic E-state index is 12.0. The van der Waals surface area contributed by atoms with Crippen molar-refractivity contribution in [3.63, 3.8) is 0 Å². The van der Waals surface area contributed by atoms with Gasteiger partial charge in [0.15, 0.2) is 10.8 Å². The van der Waals surface area contributed by atoms with Crippen molar-refractivity contribution in [2.45, 2.75) is 45.1 Å². The molecule has 3 rings (SSSR count). The van der Waals surface area contributed by atoms with Crippen molar-refractivity contribution in [1.29, 1.82) is 0 Å². The Morgan fingerprint density at radius 1 is 1.46 bits per heavy atom. The smallest absolute Gasteiger partial charge is 0.226 e. The lowest BCUT2D eigenvalue weighted by Gasteiger charge is -2.28. The molecule has 2 unspecified atom stereocenters. The maximum atomic E-state index is 12.0. The van der Waals surface area contributed by atoms with Crippen LogP contribution in [0, 0.1) is 5.92 Å². The molecule has 8 heteroatoms. The van der Waals surface area contributed by atoms with Crippen LogP contribution in [0.4, 0.5) is 0 Å². The number of H-pyrrole nitrogens is 1. The maximum Gasteiger partial charge on any atom is 0.226 e. The Labute approximate surface area is 145 Å². The first-order valence-electron chi connectivity index (χ1n) is 8.41. The average molecular weight is 349 g/mol. The Balaban J connectivity index is 1.37. The largest absolute Gasteiger partial charge is 0.376 e. The Hall–Kier alpha value is -1.80. The van der Waals surface area contributed by atoms with E-state index in [2.05, 4.69) is 32.4 Å². The van der Waals surface area contributed by atoms with Gasteiger partial charge in [-0.15, -0.1) is 11.3 Å². The lowest BCUT2D eigenvalue weighted by atomic mass is 9.88. The molecular formula is C16H23N5O2S. The quantitative estimate of drug-likeness (QED) is 0.748. The van der Waals surface area contributed by atoms with Crippen molar-refractivity contribution in [1.82, 2.24) is 25.5 Å². The highest BCUT2D eigenvalue weighted by molar-refractivity contribution is 7.13. The second-order valence-corrected chi connectivity index (χ2v) is 7.03. The number of hydrogen-bond donors (Lipinski definition) is 2. The number of aromatic amines is 1. The van der Waals surface area contributed by atoms with Crippen LogP contribution in [-0.2, 0) is 16.0 Å². The predicted molar refractivity (Wildman–Crippen MR) is 91.6 cm³/mol. The zero-order chi connectivity index (χ0) is 16.8. The first kappa shape index (κ1) is 17.0. The van der Waals surface area contributed by atoms with Gasteiger partial charge in [-0.3, -0.25) is 9.89 Å². The number of carbonyl (C=O) groups is 1. The number of amides is 1. The number of nitrogens with zero attached hydrogens (tertiary/aromatic N) is 3. The predicted octanol–water partition coefficient (Wildman–Crippen LogP) is 2.18. The molecule has 0 radical (unpaired) electrons. The van der Waals surface area contributed by atoms with E-state index in [9.17, 15) is 4.79 Å². The third-order valence-corrected chi connectivity index (χ3v) is 5.20. The third-order valence-electron chi connectivity index (χ3n) is 4.30. The van der Waals surface area contributed by atoms with Crippen molar-refractivity contribution in [3.05, 3.63) is 17.4 Å². The molecule has 1 aliphatic carbocycles. The zero-order valence-corrected chi connectivity index (χ0v) is 14.6. The van der Waals surface area contributed by atoms with E-state index in [-0.39, 0.29) is 12.3 Å². The van der Waals surface area contributed by atoms with E-state index in [1.165, 1.54) is 36.9 Å². The van der Waals surface area contributed by atoms with Gasteiger partial charge >= 0.3 is 0 Å². The van der Waals surface area contributed by atoms with Crippen molar-refractivity contribution in [2.24, 2.45) is 5.92 Å². The highest BCUT2D eigenvalue weighted by atomic mass is 32.1. The first-order valence-corrected chi connectivity index (χ1v) is 9.29. The molecule has 2 heterocycles. The molecule has 1 aliphatic rings. The van der Waals surface area contributed by atoms with Gasteiger partial charge in [0, 0.05) is 11.9 Å². The van der Waals surface area contributed by atoms with Crippen molar-refractivity contribution >= 4 is 17.2 Å².